The van der Waals surface area contributed by atoms with Crippen molar-refractivity contribution in [2.75, 3.05) is 33.3 Å². The third-order valence-corrected chi connectivity index (χ3v) is 5.27. The zero-order valence-corrected chi connectivity index (χ0v) is 15.4. The van der Waals surface area contributed by atoms with Gasteiger partial charge in [0.1, 0.15) is 0 Å². The Kier molecular flexibility index (Phi) is 6.24. The number of piperidine rings is 1. The summed E-state index contributed by atoms with van der Waals surface area (Å²) in [7, 11) is 2.18. The maximum atomic E-state index is 8.99. The fourth-order valence-electron chi connectivity index (χ4n) is 3.74. The first-order valence-corrected chi connectivity index (χ1v) is 9.30. The topological polar surface area (TPSA) is 55.4 Å². The smallest absolute Gasteiger partial charge is 0.0695 e. The minimum Gasteiger partial charge on any atom is -0.396 e. The molecule has 5 nitrogen and oxygen atoms in total. The van der Waals surface area contributed by atoms with Crippen LogP contribution in [0.25, 0.3) is 11.3 Å². The minimum atomic E-state index is 0.283. The quantitative estimate of drug-likeness (QED) is 0.812. The fourth-order valence-corrected chi connectivity index (χ4v) is 3.74. The predicted molar refractivity (Wildman–Crippen MR) is 101 cm³/mol. The Labute approximate surface area is 150 Å². The summed E-state index contributed by atoms with van der Waals surface area (Å²) in [6.45, 7) is 6.58. The standard InChI is InChI=1S/C20H30N4O/c1-16-5-3-6-17(13-16)20-18(14-21-22-20)15-24-10-7-19(8-11-24)23(2)9-4-12-25/h3,5-6,13-14,19,25H,4,7-12,15H2,1-2H3,(H,21,22). The molecule has 136 valence electrons. The van der Waals surface area contributed by atoms with Crippen LogP contribution in [0.3, 0.4) is 0 Å². The molecule has 1 aliphatic heterocycles. The van der Waals surface area contributed by atoms with E-state index in [9.17, 15) is 0 Å². The van der Waals surface area contributed by atoms with Gasteiger partial charge in [-0.2, -0.15) is 5.10 Å². The van der Waals surface area contributed by atoms with E-state index in [2.05, 4.69) is 58.2 Å². The largest absolute Gasteiger partial charge is 0.396 e. The van der Waals surface area contributed by atoms with Crippen LogP contribution in [0, 0.1) is 6.92 Å². The summed E-state index contributed by atoms with van der Waals surface area (Å²) >= 11 is 0. The maximum Gasteiger partial charge on any atom is 0.0695 e. The van der Waals surface area contributed by atoms with Gasteiger partial charge in [0.25, 0.3) is 0 Å². The Balaban J connectivity index is 1.57. The molecular formula is C20H30N4O. The summed E-state index contributed by atoms with van der Waals surface area (Å²) in [6, 6.07) is 9.22. The zero-order valence-electron chi connectivity index (χ0n) is 15.4. The molecule has 3 rings (SSSR count). The van der Waals surface area contributed by atoms with Crippen LogP contribution in [0.5, 0.6) is 0 Å². The second kappa shape index (κ2) is 8.61. The van der Waals surface area contributed by atoms with Crippen molar-refractivity contribution < 1.29 is 5.11 Å². The Bertz CT molecular complexity index is 661. The van der Waals surface area contributed by atoms with Gasteiger partial charge in [-0.25, -0.2) is 0 Å². The first-order chi connectivity index (χ1) is 12.2. The first kappa shape index (κ1) is 18.1. The SMILES string of the molecule is Cc1cccc(-c2[nH]ncc2CN2CCC(N(C)CCCO)CC2)c1. The average Bonchev–Trinajstić information content (AvgIpc) is 3.08. The minimum absolute atomic E-state index is 0.283. The van der Waals surface area contributed by atoms with E-state index < -0.39 is 0 Å². The zero-order chi connectivity index (χ0) is 17.6. The summed E-state index contributed by atoms with van der Waals surface area (Å²) in [5, 5.41) is 16.5. The Morgan fingerprint density at radius 2 is 2.12 bits per heavy atom. The molecule has 0 aliphatic carbocycles. The van der Waals surface area contributed by atoms with Crippen LogP contribution in [-0.4, -0.2) is 64.4 Å². The van der Waals surface area contributed by atoms with Crippen LogP contribution in [0.15, 0.2) is 30.5 Å². The van der Waals surface area contributed by atoms with E-state index in [4.69, 9.17) is 5.11 Å². The molecule has 1 aromatic carbocycles. The van der Waals surface area contributed by atoms with Crippen molar-refractivity contribution in [1.82, 2.24) is 20.0 Å². The van der Waals surface area contributed by atoms with Gasteiger partial charge < -0.3 is 10.0 Å². The number of hydrogen-bond donors (Lipinski definition) is 2. The average molecular weight is 342 g/mol. The number of rotatable bonds is 7. The monoisotopic (exact) mass is 342 g/mol. The molecule has 0 unspecified atom stereocenters. The summed E-state index contributed by atoms with van der Waals surface area (Å²) < 4.78 is 0. The highest BCUT2D eigenvalue weighted by Crippen LogP contribution is 2.25. The van der Waals surface area contributed by atoms with Gasteiger partial charge in [-0.05, 0) is 52.4 Å². The number of likely N-dealkylation sites (tertiary alicyclic amines) is 1. The molecule has 2 aromatic rings. The van der Waals surface area contributed by atoms with Gasteiger partial charge in [-0.1, -0.05) is 23.8 Å². The van der Waals surface area contributed by atoms with Crippen molar-refractivity contribution in [1.29, 1.82) is 0 Å². The number of nitrogens with zero attached hydrogens (tertiary/aromatic N) is 3. The number of aromatic amines is 1. The van der Waals surface area contributed by atoms with Crippen molar-refractivity contribution in [3.05, 3.63) is 41.6 Å². The van der Waals surface area contributed by atoms with E-state index in [1.807, 2.05) is 6.20 Å². The van der Waals surface area contributed by atoms with Crippen molar-refractivity contribution >= 4 is 0 Å². The maximum absolute atomic E-state index is 8.99. The number of H-pyrrole nitrogens is 1. The van der Waals surface area contributed by atoms with Crippen molar-refractivity contribution in [3.63, 3.8) is 0 Å². The lowest BCUT2D eigenvalue weighted by Crippen LogP contribution is -2.43. The molecule has 5 heteroatoms. The van der Waals surface area contributed by atoms with E-state index >= 15 is 0 Å². The molecule has 1 saturated heterocycles. The predicted octanol–water partition coefficient (Wildman–Crippen LogP) is 2.66. The lowest BCUT2D eigenvalue weighted by Gasteiger charge is -2.36. The summed E-state index contributed by atoms with van der Waals surface area (Å²) in [5.74, 6) is 0. The highest BCUT2D eigenvalue weighted by Gasteiger charge is 2.23. The van der Waals surface area contributed by atoms with E-state index in [0.29, 0.717) is 6.04 Å². The van der Waals surface area contributed by atoms with Crippen LogP contribution >= 0.6 is 0 Å². The van der Waals surface area contributed by atoms with Crippen LogP contribution in [0.1, 0.15) is 30.4 Å². The molecular weight excluding hydrogens is 312 g/mol. The van der Waals surface area contributed by atoms with Gasteiger partial charge in [-0.3, -0.25) is 10.00 Å². The Hall–Kier alpha value is -1.69. The Morgan fingerprint density at radius 3 is 2.84 bits per heavy atom. The molecule has 1 aliphatic rings. The van der Waals surface area contributed by atoms with E-state index in [1.54, 1.807) is 0 Å². The molecule has 0 amide bonds. The fraction of sp³-hybridized carbons (Fsp3) is 0.550. The van der Waals surface area contributed by atoms with Crippen LogP contribution in [-0.2, 0) is 6.54 Å². The Morgan fingerprint density at radius 1 is 1.32 bits per heavy atom. The molecule has 1 aromatic heterocycles. The van der Waals surface area contributed by atoms with Crippen LogP contribution in [0.4, 0.5) is 0 Å². The van der Waals surface area contributed by atoms with Gasteiger partial charge in [-0.15, -0.1) is 0 Å². The highest BCUT2D eigenvalue weighted by atomic mass is 16.3. The van der Waals surface area contributed by atoms with Crippen molar-refractivity contribution in [2.24, 2.45) is 0 Å². The number of hydrogen-bond acceptors (Lipinski definition) is 4. The molecule has 0 atom stereocenters. The lowest BCUT2D eigenvalue weighted by molar-refractivity contribution is 0.117. The summed E-state index contributed by atoms with van der Waals surface area (Å²) in [6.07, 6.45) is 5.22. The summed E-state index contributed by atoms with van der Waals surface area (Å²) in [4.78, 5) is 4.93. The second-order valence-corrected chi connectivity index (χ2v) is 7.20. The van der Waals surface area contributed by atoms with E-state index in [1.165, 1.54) is 29.5 Å². The number of aliphatic hydroxyl groups is 1. The molecule has 2 N–H and O–H groups in total. The molecule has 0 spiro atoms. The van der Waals surface area contributed by atoms with Crippen LogP contribution < -0.4 is 0 Å². The molecule has 0 bridgehead atoms. The molecule has 0 saturated carbocycles. The summed E-state index contributed by atoms with van der Waals surface area (Å²) in [5.41, 5.74) is 4.90. The number of benzene rings is 1. The van der Waals surface area contributed by atoms with Gasteiger partial charge in [0, 0.05) is 36.9 Å². The number of nitrogens with one attached hydrogen (secondary N) is 1. The molecule has 2 heterocycles. The lowest BCUT2D eigenvalue weighted by atomic mass is 10.0. The third kappa shape index (κ3) is 4.69. The normalized spacial score (nSPS) is 16.6. The van der Waals surface area contributed by atoms with Gasteiger partial charge in [0.05, 0.1) is 11.9 Å². The molecule has 0 radical (unpaired) electrons. The van der Waals surface area contributed by atoms with Crippen molar-refractivity contribution in [2.45, 2.75) is 38.8 Å². The number of aliphatic hydroxyl groups excluding tert-OH is 1. The van der Waals surface area contributed by atoms with Gasteiger partial charge in [0.2, 0.25) is 0 Å². The molecule has 25 heavy (non-hydrogen) atoms. The van der Waals surface area contributed by atoms with Gasteiger partial charge >= 0.3 is 0 Å². The number of aryl methyl sites for hydroxylation is 1. The third-order valence-electron chi connectivity index (χ3n) is 5.27. The second-order valence-electron chi connectivity index (χ2n) is 7.20. The molecule has 1 fully saturated rings. The van der Waals surface area contributed by atoms with Crippen LogP contribution in [0.2, 0.25) is 0 Å². The van der Waals surface area contributed by atoms with Crippen molar-refractivity contribution in [3.8, 4) is 11.3 Å². The highest BCUT2D eigenvalue weighted by molar-refractivity contribution is 5.63. The van der Waals surface area contributed by atoms with E-state index in [-0.39, 0.29) is 6.61 Å². The number of aromatic nitrogens is 2. The first-order valence-electron chi connectivity index (χ1n) is 9.30. The van der Waals surface area contributed by atoms with Gasteiger partial charge in [0.15, 0.2) is 0 Å². The van der Waals surface area contributed by atoms with E-state index in [0.717, 1.165) is 38.3 Å².